The van der Waals surface area contributed by atoms with Gasteiger partial charge < -0.3 is 15.2 Å². The van der Waals surface area contributed by atoms with Crippen LogP contribution in [0.15, 0.2) is 77.7 Å². The van der Waals surface area contributed by atoms with Crippen LogP contribution in [0.3, 0.4) is 0 Å². The van der Waals surface area contributed by atoms with E-state index >= 15 is 0 Å². The summed E-state index contributed by atoms with van der Waals surface area (Å²) in [6.07, 6.45) is 6.37. The lowest BCUT2D eigenvalue weighted by Crippen LogP contribution is -2.61. The number of pyridine rings is 2. The van der Waals surface area contributed by atoms with Crippen molar-refractivity contribution in [3.63, 3.8) is 0 Å². The van der Waals surface area contributed by atoms with Gasteiger partial charge in [-0.15, -0.1) is 0 Å². The van der Waals surface area contributed by atoms with Gasteiger partial charge in [0.2, 0.25) is 0 Å². The molecule has 8 rings (SSSR count). The molecule has 4 aliphatic rings. The Balaban J connectivity index is 1.20. The number of rotatable bonds is 6. The van der Waals surface area contributed by atoms with Crippen molar-refractivity contribution in [3.8, 4) is 5.69 Å². The molecule has 2 N–H and O–H groups in total. The molecule has 1 amide bonds. The second kappa shape index (κ2) is 10.2. The molecular formula is C34H33N3O5. The normalized spacial score (nSPS) is 25.9. The molecule has 4 aliphatic carbocycles. The molecule has 2 aromatic heterocycles. The molecule has 0 radical (unpaired) electrons. The van der Waals surface area contributed by atoms with Crippen LogP contribution in [0.1, 0.15) is 64.1 Å². The van der Waals surface area contributed by atoms with Crippen molar-refractivity contribution in [2.75, 3.05) is 7.11 Å². The minimum Gasteiger partial charge on any atom is -0.464 e. The van der Waals surface area contributed by atoms with Gasteiger partial charge in [-0.25, -0.2) is 9.78 Å². The van der Waals surface area contributed by atoms with Crippen LogP contribution in [0.25, 0.3) is 16.7 Å². The number of aliphatic hydroxyl groups is 1. The van der Waals surface area contributed by atoms with Gasteiger partial charge in [0, 0.05) is 35.5 Å². The molecule has 0 saturated heterocycles. The summed E-state index contributed by atoms with van der Waals surface area (Å²) in [5.74, 6) is 0.484. The van der Waals surface area contributed by atoms with E-state index in [2.05, 4.69) is 10.3 Å². The lowest BCUT2D eigenvalue weighted by molar-refractivity contribution is -0.136. The fraction of sp³-hybridized carbons (Fsp3) is 0.353. The maximum Gasteiger partial charge on any atom is 0.355 e. The predicted molar refractivity (Wildman–Crippen MR) is 158 cm³/mol. The number of carbonyl (C=O) groups excluding carboxylic acids is 2. The first-order chi connectivity index (χ1) is 20.3. The third-order valence-corrected chi connectivity index (χ3v) is 9.56. The van der Waals surface area contributed by atoms with E-state index < -0.39 is 11.6 Å². The van der Waals surface area contributed by atoms with E-state index in [1.54, 1.807) is 35.0 Å². The molecule has 8 nitrogen and oxygen atoms in total. The van der Waals surface area contributed by atoms with E-state index in [-0.39, 0.29) is 29.5 Å². The smallest absolute Gasteiger partial charge is 0.355 e. The zero-order valence-corrected chi connectivity index (χ0v) is 23.5. The van der Waals surface area contributed by atoms with Gasteiger partial charge in [0.1, 0.15) is 11.3 Å². The minimum absolute atomic E-state index is 0.0966. The minimum atomic E-state index is -0.630. The molecule has 0 aliphatic heterocycles. The van der Waals surface area contributed by atoms with Gasteiger partial charge in [0.25, 0.3) is 5.91 Å². The number of esters is 1. The fourth-order valence-electron chi connectivity index (χ4n) is 8.00. The summed E-state index contributed by atoms with van der Waals surface area (Å²) in [6, 6.07) is 20.0. The van der Waals surface area contributed by atoms with Crippen LogP contribution in [-0.4, -0.2) is 45.3 Å². The lowest BCUT2D eigenvalue weighted by Gasteiger charge is -2.58. The Hall–Kier alpha value is -4.30. The van der Waals surface area contributed by atoms with E-state index in [4.69, 9.17) is 4.74 Å². The first kappa shape index (κ1) is 26.6. The van der Waals surface area contributed by atoms with Crippen molar-refractivity contribution in [2.24, 2.45) is 17.8 Å². The van der Waals surface area contributed by atoms with Gasteiger partial charge in [0.05, 0.1) is 18.1 Å². The molecule has 0 unspecified atom stereocenters. The van der Waals surface area contributed by atoms with Gasteiger partial charge in [-0.3, -0.25) is 14.2 Å². The largest absolute Gasteiger partial charge is 0.464 e. The number of carbonyl (C=O) groups is 2. The number of nitrogens with zero attached hydrogens (tertiary/aromatic N) is 2. The van der Waals surface area contributed by atoms with Crippen LogP contribution in [0.4, 0.5) is 0 Å². The number of amides is 1. The first-order valence-corrected chi connectivity index (χ1v) is 14.6. The van der Waals surface area contributed by atoms with Crippen molar-refractivity contribution in [3.05, 3.63) is 106 Å². The van der Waals surface area contributed by atoms with Gasteiger partial charge in [-0.05, 0) is 91.8 Å². The zero-order chi connectivity index (χ0) is 29.0. The SMILES string of the molecule is COC(=O)c1c(Cc2ccc(C(=O)N[C@@H]3[C@@H]4C[C@H]5C[C@H]3C[C@](O)(C5)C4)cc2)c(=O)c2cccnc2n1-c1ccccc1. The number of nitrogens with one attached hydrogen (secondary N) is 1. The molecule has 4 saturated carbocycles. The highest BCUT2D eigenvalue weighted by atomic mass is 16.5. The van der Waals surface area contributed by atoms with Crippen molar-refractivity contribution in [1.29, 1.82) is 0 Å². The molecule has 42 heavy (non-hydrogen) atoms. The van der Waals surface area contributed by atoms with Crippen LogP contribution in [0.2, 0.25) is 0 Å². The van der Waals surface area contributed by atoms with Gasteiger partial charge in [-0.1, -0.05) is 30.3 Å². The van der Waals surface area contributed by atoms with E-state index in [0.717, 1.165) is 37.7 Å². The summed E-state index contributed by atoms with van der Waals surface area (Å²) in [4.78, 5) is 44.7. The molecule has 2 aromatic carbocycles. The van der Waals surface area contributed by atoms with Gasteiger partial charge in [0.15, 0.2) is 5.43 Å². The highest BCUT2D eigenvalue weighted by Crippen LogP contribution is 2.55. The van der Waals surface area contributed by atoms with Gasteiger partial charge in [-0.2, -0.15) is 0 Å². The van der Waals surface area contributed by atoms with E-state index in [0.29, 0.717) is 45.6 Å². The number of para-hydroxylation sites is 1. The third-order valence-electron chi connectivity index (χ3n) is 9.56. The second-order valence-electron chi connectivity index (χ2n) is 12.3. The quantitative estimate of drug-likeness (QED) is 0.336. The number of methoxy groups -OCH3 is 1. The van der Waals surface area contributed by atoms with E-state index in [1.165, 1.54) is 7.11 Å². The molecule has 4 aromatic rings. The average Bonchev–Trinajstić information content (AvgIpc) is 2.99. The number of benzene rings is 2. The highest BCUT2D eigenvalue weighted by molar-refractivity contribution is 5.95. The molecule has 214 valence electrons. The standard InChI is InChI=1S/C34H33N3O5/c1-42-33(40)29-27(30(38)26-8-5-13-35-31(26)37(29)25-6-3-2-4-7-25)16-20-9-11-22(12-10-20)32(39)36-28-23-14-21-15-24(28)19-34(41,17-21)18-23/h2-13,21,23-24,28,41H,14-19H2,1H3,(H,36,39)/t21-,23+,24-,28+,34-. The fourth-order valence-corrected chi connectivity index (χ4v) is 8.00. The van der Waals surface area contributed by atoms with E-state index in [1.807, 2.05) is 42.5 Å². The summed E-state index contributed by atoms with van der Waals surface area (Å²) in [7, 11) is 1.30. The molecule has 5 atom stereocenters. The Bertz CT molecular complexity index is 1730. The Kier molecular flexibility index (Phi) is 6.46. The molecule has 2 heterocycles. The van der Waals surface area contributed by atoms with Crippen LogP contribution in [-0.2, 0) is 11.2 Å². The van der Waals surface area contributed by atoms with Crippen molar-refractivity contribution >= 4 is 22.9 Å². The second-order valence-corrected chi connectivity index (χ2v) is 12.3. The Morgan fingerprint density at radius 3 is 2.38 bits per heavy atom. The summed E-state index contributed by atoms with van der Waals surface area (Å²) in [5, 5.41) is 14.6. The van der Waals surface area contributed by atoms with E-state index in [9.17, 15) is 19.5 Å². The molecule has 8 heteroatoms. The monoisotopic (exact) mass is 563 g/mol. The lowest BCUT2D eigenvalue weighted by atomic mass is 9.52. The van der Waals surface area contributed by atoms with Crippen molar-refractivity contribution in [2.45, 2.75) is 50.2 Å². The zero-order valence-electron chi connectivity index (χ0n) is 23.5. The Morgan fingerprint density at radius 1 is 1.00 bits per heavy atom. The topological polar surface area (TPSA) is 111 Å². The predicted octanol–water partition coefficient (Wildman–Crippen LogP) is 4.43. The Morgan fingerprint density at radius 2 is 1.71 bits per heavy atom. The van der Waals surface area contributed by atoms with Crippen LogP contribution < -0.4 is 10.7 Å². The van der Waals surface area contributed by atoms with Gasteiger partial charge >= 0.3 is 5.97 Å². The maximum absolute atomic E-state index is 13.8. The van der Waals surface area contributed by atoms with Crippen LogP contribution in [0, 0.1) is 17.8 Å². The Labute approximate surface area is 243 Å². The molecule has 4 bridgehead atoms. The number of aromatic nitrogens is 2. The third kappa shape index (κ3) is 4.50. The van der Waals surface area contributed by atoms with Crippen LogP contribution in [0.5, 0.6) is 0 Å². The summed E-state index contributed by atoms with van der Waals surface area (Å²) >= 11 is 0. The van der Waals surface area contributed by atoms with Crippen molar-refractivity contribution < 1.29 is 19.4 Å². The number of hydrogen-bond donors (Lipinski definition) is 2. The molecule has 4 fully saturated rings. The average molecular weight is 564 g/mol. The maximum atomic E-state index is 13.8. The van der Waals surface area contributed by atoms with Crippen LogP contribution >= 0.6 is 0 Å². The number of fused-ring (bicyclic) bond motifs is 1. The first-order valence-electron chi connectivity index (χ1n) is 14.6. The highest BCUT2D eigenvalue weighted by Gasteiger charge is 2.55. The summed E-state index contributed by atoms with van der Waals surface area (Å²) < 4.78 is 6.84. The summed E-state index contributed by atoms with van der Waals surface area (Å²) in [5.41, 5.74) is 2.00. The molecule has 0 spiro atoms. The summed E-state index contributed by atoms with van der Waals surface area (Å²) in [6.45, 7) is 0. The van der Waals surface area contributed by atoms with Crippen molar-refractivity contribution in [1.82, 2.24) is 14.9 Å². The number of hydrogen-bond acceptors (Lipinski definition) is 6. The molecular weight excluding hydrogens is 530 g/mol. The number of ether oxygens (including phenoxy) is 1.